The number of ether oxygens (including phenoxy) is 2. The van der Waals surface area contributed by atoms with Gasteiger partial charge in [-0.15, -0.1) is 0 Å². The van der Waals surface area contributed by atoms with Gasteiger partial charge in [-0.3, -0.25) is 9.36 Å². The first-order valence-corrected chi connectivity index (χ1v) is 15.4. The third-order valence-corrected chi connectivity index (χ3v) is 8.76. The van der Waals surface area contributed by atoms with Crippen LogP contribution in [0.15, 0.2) is 59.7 Å². The van der Waals surface area contributed by atoms with E-state index in [9.17, 15) is 14.9 Å². The first-order valence-electron chi connectivity index (χ1n) is 15.4. The van der Waals surface area contributed by atoms with Gasteiger partial charge in [-0.05, 0) is 74.6 Å². The Morgan fingerprint density at radius 1 is 1.07 bits per heavy atom. The van der Waals surface area contributed by atoms with E-state index in [-0.39, 0.29) is 23.7 Å². The van der Waals surface area contributed by atoms with Gasteiger partial charge in [0.25, 0.3) is 5.56 Å². The minimum Gasteiger partial charge on any atom is -0.464 e. The molecule has 2 fully saturated rings. The Hall–Kier alpha value is -4.29. The summed E-state index contributed by atoms with van der Waals surface area (Å²) >= 11 is 0. The molecule has 0 aliphatic heterocycles. The lowest BCUT2D eigenvalue weighted by atomic mass is 9.92. The van der Waals surface area contributed by atoms with Crippen LogP contribution in [0, 0.1) is 11.3 Å². The molecule has 0 atom stereocenters. The predicted octanol–water partition coefficient (Wildman–Crippen LogP) is 5.57. The Morgan fingerprint density at radius 2 is 1.81 bits per heavy atom. The maximum atomic E-state index is 14.3. The number of rotatable bonds is 10. The zero-order valence-corrected chi connectivity index (χ0v) is 24.8. The van der Waals surface area contributed by atoms with E-state index in [1.54, 1.807) is 0 Å². The van der Waals surface area contributed by atoms with Crippen LogP contribution in [0.5, 0.6) is 0 Å². The van der Waals surface area contributed by atoms with Crippen molar-refractivity contribution in [1.29, 1.82) is 5.26 Å². The number of benzene rings is 2. The number of aromatic nitrogens is 4. The van der Waals surface area contributed by atoms with Gasteiger partial charge in [-0.1, -0.05) is 55.8 Å². The number of hydrogen-bond acceptors (Lipinski definition) is 7. The normalized spacial score (nSPS) is 19.2. The monoisotopic (exact) mass is 579 g/mol. The van der Waals surface area contributed by atoms with Crippen molar-refractivity contribution in [3.8, 4) is 17.2 Å². The SMILES string of the molecule is CCCc1c(Cc2ccc(-c3ccccc3C#N)cc2)c(=O)n(C2CCC(OC3(C(=O)OCC)CC3)CC2)c2ncnn12. The highest BCUT2D eigenvalue weighted by molar-refractivity contribution is 5.82. The Labute approximate surface area is 251 Å². The lowest BCUT2D eigenvalue weighted by Gasteiger charge is -2.32. The molecule has 9 nitrogen and oxygen atoms in total. The molecule has 2 aliphatic rings. The Kier molecular flexibility index (Phi) is 8.13. The number of carbonyl (C=O) groups excluding carboxylic acids is 1. The summed E-state index contributed by atoms with van der Waals surface area (Å²) in [5, 5.41) is 14.1. The number of nitrogens with zero attached hydrogens (tertiary/aromatic N) is 5. The second-order valence-electron chi connectivity index (χ2n) is 11.6. The largest absolute Gasteiger partial charge is 0.464 e. The van der Waals surface area contributed by atoms with Gasteiger partial charge in [0.15, 0.2) is 5.60 Å². The van der Waals surface area contributed by atoms with E-state index in [0.29, 0.717) is 37.2 Å². The zero-order chi connectivity index (χ0) is 30.0. The fourth-order valence-electron chi connectivity index (χ4n) is 6.40. The molecule has 4 aromatic rings. The van der Waals surface area contributed by atoms with E-state index in [4.69, 9.17) is 9.47 Å². The van der Waals surface area contributed by atoms with Crippen LogP contribution in [-0.2, 0) is 27.1 Å². The minimum atomic E-state index is -0.772. The molecule has 222 valence electrons. The van der Waals surface area contributed by atoms with Gasteiger partial charge in [0.1, 0.15) is 6.33 Å². The molecule has 9 heteroatoms. The van der Waals surface area contributed by atoms with Crippen LogP contribution in [0.2, 0.25) is 0 Å². The van der Waals surface area contributed by atoms with Crippen LogP contribution in [-0.4, -0.2) is 43.4 Å². The second-order valence-corrected chi connectivity index (χ2v) is 11.6. The molecule has 0 bridgehead atoms. The number of carbonyl (C=O) groups is 1. The first-order chi connectivity index (χ1) is 21.0. The highest BCUT2D eigenvalue weighted by Crippen LogP contribution is 2.44. The molecule has 0 spiro atoms. The number of aryl methyl sites for hydroxylation is 1. The maximum Gasteiger partial charge on any atom is 0.338 e. The average Bonchev–Trinajstić information content (AvgIpc) is 3.66. The van der Waals surface area contributed by atoms with Gasteiger partial charge < -0.3 is 9.47 Å². The molecular weight excluding hydrogens is 542 g/mol. The molecule has 0 radical (unpaired) electrons. The smallest absolute Gasteiger partial charge is 0.338 e. The highest BCUT2D eigenvalue weighted by atomic mass is 16.6. The Bertz CT molecular complexity index is 1720. The van der Waals surface area contributed by atoms with Gasteiger partial charge >= 0.3 is 5.97 Å². The lowest BCUT2D eigenvalue weighted by Crippen LogP contribution is -2.38. The van der Waals surface area contributed by atoms with Crippen molar-refractivity contribution in [2.45, 2.75) is 89.4 Å². The van der Waals surface area contributed by atoms with E-state index >= 15 is 0 Å². The molecule has 0 unspecified atom stereocenters. The summed E-state index contributed by atoms with van der Waals surface area (Å²) in [7, 11) is 0. The summed E-state index contributed by atoms with van der Waals surface area (Å²) in [6.45, 7) is 4.26. The number of hydrogen-bond donors (Lipinski definition) is 0. The van der Waals surface area contributed by atoms with Crippen LogP contribution in [0.3, 0.4) is 0 Å². The van der Waals surface area contributed by atoms with Crippen molar-refractivity contribution in [1.82, 2.24) is 19.2 Å². The summed E-state index contributed by atoms with van der Waals surface area (Å²) in [5.41, 5.74) is 4.36. The van der Waals surface area contributed by atoms with Gasteiger partial charge in [-0.25, -0.2) is 9.31 Å². The second kappa shape index (κ2) is 12.1. The molecule has 2 saturated carbocycles. The maximum absolute atomic E-state index is 14.3. The molecule has 2 aromatic heterocycles. The minimum absolute atomic E-state index is 0.0163. The molecule has 2 aliphatic carbocycles. The Morgan fingerprint density at radius 3 is 2.49 bits per heavy atom. The third-order valence-electron chi connectivity index (χ3n) is 8.76. The van der Waals surface area contributed by atoms with Crippen molar-refractivity contribution < 1.29 is 14.3 Å². The van der Waals surface area contributed by atoms with Gasteiger partial charge in [0, 0.05) is 18.0 Å². The molecule has 43 heavy (non-hydrogen) atoms. The summed E-state index contributed by atoms with van der Waals surface area (Å²) in [6, 6.07) is 17.9. The van der Waals surface area contributed by atoms with Gasteiger partial charge in [0.05, 0.1) is 30.0 Å². The van der Waals surface area contributed by atoms with Crippen molar-refractivity contribution >= 4 is 11.7 Å². The van der Waals surface area contributed by atoms with E-state index in [1.165, 1.54) is 6.33 Å². The molecular formula is C34H37N5O4. The van der Waals surface area contributed by atoms with Crippen LogP contribution in [0.1, 0.15) is 87.2 Å². The lowest BCUT2D eigenvalue weighted by molar-refractivity contribution is -0.166. The highest BCUT2D eigenvalue weighted by Gasteiger charge is 2.54. The molecule has 0 amide bonds. The first kappa shape index (κ1) is 28.8. The standard InChI is InChI=1S/C34H37N5O4/c1-3-7-30-29(20-23-10-12-24(13-11-23)28-9-6-5-8-25(28)21-35)31(40)38(33-36-22-37-39(30)33)26-14-16-27(17-15-26)43-34(18-19-34)32(41)42-4-2/h5-6,8-13,22,26-27H,3-4,7,14-20H2,1-2H3. The van der Waals surface area contributed by atoms with Gasteiger partial charge in [0.2, 0.25) is 5.78 Å². The fraction of sp³-hybridized carbons (Fsp3) is 0.441. The molecule has 2 aromatic carbocycles. The predicted molar refractivity (Wildman–Crippen MR) is 162 cm³/mol. The van der Waals surface area contributed by atoms with Crippen molar-refractivity contribution in [3.63, 3.8) is 0 Å². The number of fused-ring (bicyclic) bond motifs is 1. The summed E-state index contributed by atoms with van der Waals surface area (Å²) in [5.74, 6) is 0.326. The number of esters is 1. The quantitative estimate of drug-likeness (QED) is 0.226. The summed E-state index contributed by atoms with van der Waals surface area (Å²) in [4.78, 5) is 31.2. The molecule has 0 N–H and O–H groups in total. The van der Waals surface area contributed by atoms with Crippen LogP contribution < -0.4 is 5.56 Å². The van der Waals surface area contributed by atoms with Crippen LogP contribution in [0.4, 0.5) is 0 Å². The van der Waals surface area contributed by atoms with Crippen molar-refractivity contribution in [2.75, 3.05) is 6.61 Å². The Balaban J connectivity index is 1.27. The average molecular weight is 580 g/mol. The van der Waals surface area contributed by atoms with E-state index in [2.05, 4.69) is 23.1 Å². The third kappa shape index (κ3) is 5.59. The van der Waals surface area contributed by atoms with E-state index in [0.717, 1.165) is 66.5 Å². The van der Waals surface area contributed by atoms with Gasteiger partial charge in [-0.2, -0.15) is 15.3 Å². The summed E-state index contributed by atoms with van der Waals surface area (Å²) < 4.78 is 15.2. The fourth-order valence-corrected chi connectivity index (χ4v) is 6.40. The van der Waals surface area contributed by atoms with Crippen molar-refractivity contribution in [3.05, 3.63) is 87.6 Å². The van der Waals surface area contributed by atoms with Crippen molar-refractivity contribution in [2.24, 2.45) is 0 Å². The van der Waals surface area contributed by atoms with Crippen LogP contribution >= 0.6 is 0 Å². The van der Waals surface area contributed by atoms with Crippen LogP contribution in [0.25, 0.3) is 16.9 Å². The zero-order valence-electron chi connectivity index (χ0n) is 24.8. The number of nitriles is 1. The summed E-state index contributed by atoms with van der Waals surface area (Å²) in [6.07, 6.45) is 8.01. The topological polar surface area (TPSA) is 112 Å². The molecule has 2 heterocycles. The molecule has 6 rings (SSSR count). The molecule has 0 saturated heterocycles. The van der Waals surface area contributed by atoms with E-state index < -0.39 is 5.60 Å². The van der Waals surface area contributed by atoms with E-state index in [1.807, 2.05) is 64.5 Å².